The third-order valence-electron chi connectivity index (χ3n) is 1.98. The van der Waals surface area contributed by atoms with Gasteiger partial charge in [-0.05, 0) is 32.6 Å². The fourth-order valence-electron chi connectivity index (χ4n) is 1.09. The summed E-state index contributed by atoms with van der Waals surface area (Å²) in [5, 5.41) is 11.5. The van der Waals surface area contributed by atoms with Crippen LogP contribution in [0.5, 0.6) is 0 Å². The average Bonchev–Trinajstić information content (AvgIpc) is 2.16. The fraction of sp³-hybridized carbons (Fsp3) is 0.727. The molecule has 0 aromatic carbocycles. The van der Waals surface area contributed by atoms with Crippen LogP contribution in [0.1, 0.15) is 52.4 Å². The average molecular weight is 183 g/mol. The Morgan fingerprint density at radius 1 is 1.23 bits per heavy atom. The standard InChI is InChI=1S/C11H21NO/c1-3-4-5-6-7-8-9-10-11(2)12-13/h7-8,13H,3-6,9-10H2,1-2H3. The number of allylic oxidation sites excluding steroid dienone is 2. The quantitative estimate of drug-likeness (QED) is 0.210. The Labute approximate surface area is 81.3 Å². The highest BCUT2D eigenvalue weighted by Gasteiger charge is 1.88. The van der Waals surface area contributed by atoms with E-state index >= 15 is 0 Å². The van der Waals surface area contributed by atoms with Gasteiger partial charge >= 0.3 is 0 Å². The first-order valence-electron chi connectivity index (χ1n) is 5.13. The van der Waals surface area contributed by atoms with E-state index in [2.05, 4.69) is 24.2 Å². The smallest absolute Gasteiger partial charge is 0.0543 e. The molecule has 0 aliphatic rings. The van der Waals surface area contributed by atoms with E-state index in [0.717, 1.165) is 18.6 Å². The Morgan fingerprint density at radius 3 is 2.54 bits per heavy atom. The van der Waals surface area contributed by atoms with Gasteiger partial charge in [0.1, 0.15) is 0 Å². The van der Waals surface area contributed by atoms with Gasteiger partial charge < -0.3 is 5.21 Å². The van der Waals surface area contributed by atoms with Crippen molar-refractivity contribution in [2.75, 3.05) is 0 Å². The maximum Gasteiger partial charge on any atom is 0.0543 e. The second-order valence-corrected chi connectivity index (χ2v) is 3.34. The molecule has 0 atom stereocenters. The van der Waals surface area contributed by atoms with Crippen molar-refractivity contribution in [1.82, 2.24) is 0 Å². The topological polar surface area (TPSA) is 32.6 Å². The fourth-order valence-corrected chi connectivity index (χ4v) is 1.09. The minimum atomic E-state index is 0.804. The lowest BCUT2D eigenvalue weighted by molar-refractivity contribution is 0.317. The first-order chi connectivity index (χ1) is 6.31. The lowest BCUT2D eigenvalue weighted by atomic mass is 10.1. The zero-order valence-electron chi connectivity index (χ0n) is 8.79. The van der Waals surface area contributed by atoms with E-state index < -0.39 is 0 Å². The summed E-state index contributed by atoms with van der Waals surface area (Å²) in [5.74, 6) is 0. The van der Waals surface area contributed by atoms with Crippen LogP contribution in [0, 0.1) is 0 Å². The monoisotopic (exact) mass is 183 g/mol. The molecule has 0 heterocycles. The Balaban J connectivity index is 3.22. The molecule has 0 amide bonds. The van der Waals surface area contributed by atoms with Gasteiger partial charge in [0.15, 0.2) is 0 Å². The van der Waals surface area contributed by atoms with E-state index in [1.54, 1.807) is 0 Å². The van der Waals surface area contributed by atoms with E-state index in [1.807, 2.05) is 6.92 Å². The molecule has 0 rings (SSSR count). The second kappa shape index (κ2) is 9.30. The molecule has 0 saturated heterocycles. The number of unbranched alkanes of at least 4 members (excludes halogenated alkanes) is 3. The molecule has 0 unspecified atom stereocenters. The lowest BCUT2D eigenvalue weighted by Gasteiger charge is -1.93. The highest BCUT2D eigenvalue weighted by atomic mass is 16.4. The van der Waals surface area contributed by atoms with E-state index in [9.17, 15) is 0 Å². The lowest BCUT2D eigenvalue weighted by Crippen LogP contribution is -1.88. The van der Waals surface area contributed by atoms with Crippen LogP contribution >= 0.6 is 0 Å². The molecular formula is C11H21NO. The molecule has 0 fully saturated rings. The van der Waals surface area contributed by atoms with Crippen molar-refractivity contribution in [2.24, 2.45) is 5.16 Å². The zero-order valence-corrected chi connectivity index (χ0v) is 8.79. The number of hydrogen-bond acceptors (Lipinski definition) is 2. The maximum atomic E-state index is 8.37. The Kier molecular flexibility index (Phi) is 8.73. The largest absolute Gasteiger partial charge is 0.411 e. The molecule has 13 heavy (non-hydrogen) atoms. The van der Waals surface area contributed by atoms with Gasteiger partial charge in [-0.3, -0.25) is 0 Å². The van der Waals surface area contributed by atoms with Crippen LogP contribution in [-0.4, -0.2) is 10.9 Å². The number of oxime groups is 1. The summed E-state index contributed by atoms with van der Waals surface area (Å²) in [4.78, 5) is 0. The third kappa shape index (κ3) is 9.12. The molecule has 76 valence electrons. The molecule has 2 heteroatoms. The Morgan fingerprint density at radius 2 is 1.92 bits per heavy atom. The van der Waals surface area contributed by atoms with Gasteiger partial charge in [-0.15, -0.1) is 0 Å². The normalized spacial score (nSPS) is 12.6. The summed E-state index contributed by atoms with van der Waals surface area (Å²) >= 11 is 0. The summed E-state index contributed by atoms with van der Waals surface area (Å²) in [6.45, 7) is 4.05. The predicted octanol–water partition coefficient (Wildman–Crippen LogP) is 3.75. The van der Waals surface area contributed by atoms with Crippen LogP contribution in [0.4, 0.5) is 0 Å². The van der Waals surface area contributed by atoms with Crippen LogP contribution < -0.4 is 0 Å². The molecule has 0 aromatic heterocycles. The zero-order chi connectivity index (χ0) is 9.94. The van der Waals surface area contributed by atoms with Crippen molar-refractivity contribution in [3.8, 4) is 0 Å². The molecule has 0 saturated carbocycles. The van der Waals surface area contributed by atoms with Crippen LogP contribution in [-0.2, 0) is 0 Å². The molecule has 0 aliphatic heterocycles. The summed E-state index contributed by atoms with van der Waals surface area (Å²) in [6.07, 6.45) is 11.3. The highest BCUT2D eigenvalue weighted by molar-refractivity contribution is 5.81. The van der Waals surface area contributed by atoms with Crippen LogP contribution in [0.25, 0.3) is 0 Å². The van der Waals surface area contributed by atoms with Crippen LogP contribution in [0.15, 0.2) is 17.3 Å². The van der Waals surface area contributed by atoms with Crippen molar-refractivity contribution < 1.29 is 5.21 Å². The highest BCUT2D eigenvalue weighted by Crippen LogP contribution is 2.01. The maximum absolute atomic E-state index is 8.37. The van der Waals surface area contributed by atoms with Gasteiger partial charge in [-0.2, -0.15) is 0 Å². The van der Waals surface area contributed by atoms with Crippen molar-refractivity contribution in [1.29, 1.82) is 0 Å². The number of rotatable bonds is 7. The minimum Gasteiger partial charge on any atom is -0.411 e. The second-order valence-electron chi connectivity index (χ2n) is 3.34. The minimum absolute atomic E-state index is 0.804. The van der Waals surface area contributed by atoms with Crippen LogP contribution in [0.2, 0.25) is 0 Å². The number of nitrogens with zero attached hydrogens (tertiary/aromatic N) is 1. The van der Waals surface area contributed by atoms with Gasteiger partial charge in [0, 0.05) is 0 Å². The first-order valence-corrected chi connectivity index (χ1v) is 5.13. The molecule has 0 radical (unpaired) electrons. The van der Waals surface area contributed by atoms with Gasteiger partial charge in [0.2, 0.25) is 0 Å². The van der Waals surface area contributed by atoms with Gasteiger partial charge in [-0.1, -0.05) is 37.1 Å². The summed E-state index contributed by atoms with van der Waals surface area (Å²) in [6, 6.07) is 0. The van der Waals surface area contributed by atoms with Crippen LogP contribution in [0.3, 0.4) is 0 Å². The van der Waals surface area contributed by atoms with E-state index in [-0.39, 0.29) is 0 Å². The van der Waals surface area contributed by atoms with Gasteiger partial charge in [0.25, 0.3) is 0 Å². The molecule has 0 bridgehead atoms. The van der Waals surface area contributed by atoms with Gasteiger partial charge in [0.05, 0.1) is 5.71 Å². The SMILES string of the molecule is CCCCCC=CCCC(C)=NO. The summed E-state index contributed by atoms with van der Waals surface area (Å²) in [7, 11) is 0. The van der Waals surface area contributed by atoms with Crippen molar-refractivity contribution in [2.45, 2.75) is 52.4 Å². The number of hydrogen-bond donors (Lipinski definition) is 1. The van der Waals surface area contributed by atoms with E-state index in [4.69, 9.17) is 5.21 Å². The molecular weight excluding hydrogens is 162 g/mol. The van der Waals surface area contributed by atoms with E-state index in [1.165, 1.54) is 25.7 Å². The third-order valence-corrected chi connectivity index (χ3v) is 1.98. The Bertz CT molecular complexity index is 161. The molecule has 0 aliphatic carbocycles. The predicted molar refractivity (Wildman–Crippen MR) is 57.4 cm³/mol. The summed E-state index contributed by atoms with van der Waals surface area (Å²) in [5.41, 5.74) is 0.804. The first kappa shape index (κ1) is 12.2. The molecule has 0 aromatic rings. The molecule has 2 nitrogen and oxygen atoms in total. The molecule has 0 spiro atoms. The van der Waals surface area contributed by atoms with Crippen molar-refractivity contribution in [3.63, 3.8) is 0 Å². The van der Waals surface area contributed by atoms with Crippen molar-refractivity contribution >= 4 is 5.71 Å². The van der Waals surface area contributed by atoms with E-state index in [0.29, 0.717) is 0 Å². The summed E-state index contributed by atoms with van der Waals surface area (Å²) < 4.78 is 0. The molecule has 1 N–H and O–H groups in total. The Hall–Kier alpha value is -0.790. The van der Waals surface area contributed by atoms with Crippen molar-refractivity contribution in [3.05, 3.63) is 12.2 Å². The van der Waals surface area contributed by atoms with Gasteiger partial charge in [-0.25, -0.2) is 0 Å².